The zero-order chi connectivity index (χ0) is 14.5. The average Bonchev–Trinajstić information content (AvgIpc) is 2.46. The minimum atomic E-state index is -0.490. The van der Waals surface area contributed by atoms with Crippen molar-refractivity contribution in [1.82, 2.24) is 0 Å². The average molecular weight is 288 g/mol. The standard InChI is InChI=1S/C14H10ClN3O2/c15-13-7-12(18(19)20)5-6-14(13)17-9-11-3-1-10(8-16)2-4-11/h1-7,17H,9H2. The summed E-state index contributed by atoms with van der Waals surface area (Å²) in [6.07, 6.45) is 0. The van der Waals surface area contributed by atoms with Gasteiger partial charge < -0.3 is 5.32 Å². The van der Waals surface area contributed by atoms with E-state index in [1.54, 1.807) is 18.2 Å². The molecule has 2 aromatic rings. The Morgan fingerprint density at radius 1 is 1.25 bits per heavy atom. The number of nitrogens with zero attached hydrogens (tertiary/aromatic N) is 2. The summed E-state index contributed by atoms with van der Waals surface area (Å²) in [5.74, 6) is 0. The van der Waals surface area contributed by atoms with Gasteiger partial charge in [-0.3, -0.25) is 10.1 Å². The number of hydrogen-bond donors (Lipinski definition) is 1. The Morgan fingerprint density at radius 2 is 1.95 bits per heavy atom. The zero-order valence-electron chi connectivity index (χ0n) is 10.3. The second-order valence-electron chi connectivity index (χ2n) is 4.08. The molecule has 0 aliphatic carbocycles. The van der Waals surface area contributed by atoms with Crippen molar-refractivity contribution in [1.29, 1.82) is 5.26 Å². The Labute approximate surface area is 120 Å². The van der Waals surface area contributed by atoms with E-state index in [9.17, 15) is 10.1 Å². The van der Waals surface area contributed by atoms with Crippen LogP contribution in [0, 0.1) is 21.4 Å². The monoisotopic (exact) mass is 287 g/mol. The normalized spacial score (nSPS) is 9.80. The number of nitriles is 1. The van der Waals surface area contributed by atoms with Crippen LogP contribution in [0.4, 0.5) is 11.4 Å². The maximum Gasteiger partial charge on any atom is 0.271 e. The van der Waals surface area contributed by atoms with Gasteiger partial charge in [-0.15, -0.1) is 0 Å². The molecule has 0 amide bonds. The minimum Gasteiger partial charge on any atom is -0.380 e. The fourth-order valence-corrected chi connectivity index (χ4v) is 1.90. The number of nitro groups is 1. The lowest BCUT2D eigenvalue weighted by Crippen LogP contribution is -2.00. The molecule has 2 aromatic carbocycles. The van der Waals surface area contributed by atoms with Gasteiger partial charge in [0.15, 0.2) is 0 Å². The van der Waals surface area contributed by atoms with Gasteiger partial charge in [-0.25, -0.2) is 0 Å². The highest BCUT2D eigenvalue weighted by molar-refractivity contribution is 6.33. The van der Waals surface area contributed by atoms with Gasteiger partial charge in [0, 0.05) is 18.7 Å². The summed E-state index contributed by atoms with van der Waals surface area (Å²) >= 11 is 5.98. The highest BCUT2D eigenvalue weighted by Gasteiger charge is 2.09. The summed E-state index contributed by atoms with van der Waals surface area (Å²) in [5.41, 5.74) is 2.17. The second-order valence-corrected chi connectivity index (χ2v) is 4.49. The molecular formula is C14H10ClN3O2. The van der Waals surface area contributed by atoms with E-state index < -0.39 is 4.92 Å². The van der Waals surface area contributed by atoms with Crippen molar-refractivity contribution in [3.8, 4) is 6.07 Å². The van der Waals surface area contributed by atoms with E-state index in [4.69, 9.17) is 16.9 Å². The third kappa shape index (κ3) is 3.25. The van der Waals surface area contributed by atoms with Gasteiger partial charge in [-0.05, 0) is 23.8 Å². The van der Waals surface area contributed by atoms with E-state index in [0.717, 1.165) is 5.56 Å². The van der Waals surface area contributed by atoms with Gasteiger partial charge in [-0.1, -0.05) is 23.7 Å². The number of nitrogens with one attached hydrogen (secondary N) is 1. The Morgan fingerprint density at radius 3 is 2.50 bits per heavy atom. The molecule has 0 atom stereocenters. The van der Waals surface area contributed by atoms with Crippen LogP contribution in [0.25, 0.3) is 0 Å². The summed E-state index contributed by atoms with van der Waals surface area (Å²) in [6, 6.07) is 13.5. The largest absolute Gasteiger partial charge is 0.380 e. The van der Waals surface area contributed by atoms with Crippen molar-refractivity contribution in [3.05, 3.63) is 68.7 Å². The summed E-state index contributed by atoms with van der Waals surface area (Å²) < 4.78 is 0. The molecule has 5 nitrogen and oxygen atoms in total. The van der Waals surface area contributed by atoms with Crippen LogP contribution in [0.2, 0.25) is 5.02 Å². The number of anilines is 1. The van der Waals surface area contributed by atoms with E-state index in [1.165, 1.54) is 12.1 Å². The van der Waals surface area contributed by atoms with Crippen LogP contribution in [-0.2, 0) is 6.54 Å². The lowest BCUT2D eigenvalue weighted by Gasteiger charge is -2.08. The van der Waals surface area contributed by atoms with E-state index in [1.807, 2.05) is 18.2 Å². The highest BCUT2D eigenvalue weighted by Crippen LogP contribution is 2.26. The fraction of sp³-hybridized carbons (Fsp3) is 0.0714. The maximum atomic E-state index is 10.6. The lowest BCUT2D eigenvalue weighted by molar-refractivity contribution is -0.384. The van der Waals surface area contributed by atoms with Crippen molar-refractivity contribution in [3.63, 3.8) is 0 Å². The molecule has 6 heteroatoms. The topological polar surface area (TPSA) is 79.0 Å². The molecular weight excluding hydrogens is 278 g/mol. The first kappa shape index (κ1) is 13.8. The Kier molecular flexibility index (Phi) is 4.18. The van der Waals surface area contributed by atoms with Crippen LogP contribution in [0.15, 0.2) is 42.5 Å². The quantitative estimate of drug-likeness (QED) is 0.686. The van der Waals surface area contributed by atoms with Gasteiger partial charge in [0.05, 0.1) is 27.3 Å². The van der Waals surface area contributed by atoms with E-state index >= 15 is 0 Å². The third-order valence-electron chi connectivity index (χ3n) is 2.73. The van der Waals surface area contributed by atoms with E-state index in [2.05, 4.69) is 5.32 Å². The minimum absolute atomic E-state index is 0.0427. The van der Waals surface area contributed by atoms with Crippen LogP contribution in [0.5, 0.6) is 0 Å². The van der Waals surface area contributed by atoms with Crippen molar-refractivity contribution in [2.45, 2.75) is 6.54 Å². The highest BCUT2D eigenvalue weighted by atomic mass is 35.5. The molecule has 0 saturated carbocycles. The van der Waals surface area contributed by atoms with Crippen molar-refractivity contribution in [2.24, 2.45) is 0 Å². The number of hydrogen-bond acceptors (Lipinski definition) is 4. The maximum absolute atomic E-state index is 10.6. The first-order valence-corrected chi connectivity index (χ1v) is 6.15. The predicted octanol–water partition coefficient (Wildman–Crippen LogP) is 3.73. The third-order valence-corrected chi connectivity index (χ3v) is 3.04. The molecule has 0 fully saturated rings. The van der Waals surface area contributed by atoms with Crippen LogP contribution in [-0.4, -0.2) is 4.92 Å². The number of non-ortho nitro benzene ring substituents is 1. The Balaban J connectivity index is 2.07. The van der Waals surface area contributed by atoms with Gasteiger partial charge in [0.2, 0.25) is 0 Å². The van der Waals surface area contributed by atoms with Gasteiger partial charge >= 0.3 is 0 Å². The predicted molar refractivity (Wildman–Crippen MR) is 76.6 cm³/mol. The Bertz CT molecular complexity index is 678. The van der Waals surface area contributed by atoms with Crippen LogP contribution >= 0.6 is 11.6 Å². The lowest BCUT2D eigenvalue weighted by atomic mass is 10.1. The molecule has 0 radical (unpaired) electrons. The molecule has 0 aliphatic rings. The molecule has 2 rings (SSSR count). The summed E-state index contributed by atoms with van der Waals surface area (Å²) in [7, 11) is 0. The number of halogens is 1. The fourth-order valence-electron chi connectivity index (χ4n) is 1.66. The van der Waals surface area contributed by atoms with Gasteiger partial charge in [0.25, 0.3) is 5.69 Å². The molecule has 0 saturated heterocycles. The van der Waals surface area contributed by atoms with Crippen molar-refractivity contribution in [2.75, 3.05) is 5.32 Å². The van der Waals surface area contributed by atoms with Crippen molar-refractivity contribution < 1.29 is 4.92 Å². The number of benzene rings is 2. The molecule has 0 unspecified atom stereocenters. The van der Waals surface area contributed by atoms with Crippen LogP contribution in [0.3, 0.4) is 0 Å². The van der Waals surface area contributed by atoms with E-state index in [0.29, 0.717) is 22.8 Å². The zero-order valence-corrected chi connectivity index (χ0v) is 11.1. The van der Waals surface area contributed by atoms with Crippen LogP contribution < -0.4 is 5.32 Å². The smallest absolute Gasteiger partial charge is 0.271 e. The molecule has 0 bridgehead atoms. The second kappa shape index (κ2) is 6.04. The molecule has 0 heterocycles. The number of rotatable bonds is 4. The molecule has 20 heavy (non-hydrogen) atoms. The molecule has 1 N–H and O–H groups in total. The molecule has 0 aromatic heterocycles. The van der Waals surface area contributed by atoms with E-state index in [-0.39, 0.29) is 5.69 Å². The van der Waals surface area contributed by atoms with Gasteiger partial charge in [0.1, 0.15) is 0 Å². The molecule has 0 aliphatic heterocycles. The van der Waals surface area contributed by atoms with Crippen molar-refractivity contribution >= 4 is 23.0 Å². The summed E-state index contributed by atoms with van der Waals surface area (Å²) in [6.45, 7) is 0.517. The Hall–Kier alpha value is -2.58. The molecule has 100 valence electrons. The molecule has 0 spiro atoms. The first-order valence-electron chi connectivity index (χ1n) is 5.77. The van der Waals surface area contributed by atoms with Gasteiger partial charge in [-0.2, -0.15) is 5.26 Å². The first-order chi connectivity index (χ1) is 9.60. The SMILES string of the molecule is N#Cc1ccc(CNc2ccc([N+](=O)[O-])cc2Cl)cc1. The number of nitro benzene ring substituents is 1. The van der Waals surface area contributed by atoms with Crippen LogP contribution in [0.1, 0.15) is 11.1 Å². The summed E-state index contributed by atoms with van der Waals surface area (Å²) in [4.78, 5) is 10.1. The summed E-state index contributed by atoms with van der Waals surface area (Å²) in [5, 5.41) is 22.7.